The van der Waals surface area contributed by atoms with E-state index in [1.165, 1.54) is 0 Å². The third-order valence-electron chi connectivity index (χ3n) is 3.90. The minimum atomic E-state index is 0.0246. The molecule has 0 aromatic heterocycles. The first-order valence-electron chi connectivity index (χ1n) is 6.34. The predicted octanol–water partition coefficient (Wildman–Crippen LogP) is 2.71. The second-order valence-corrected chi connectivity index (χ2v) is 5.09. The lowest BCUT2D eigenvalue weighted by molar-refractivity contribution is -0.116. The Morgan fingerprint density at radius 2 is 2.18 bits per heavy atom. The van der Waals surface area contributed by atoms with E-state index in [-0.39, 0.29) is 5.91 Å². The number of hydrogen-bond donors (Lipinski definition) is 1. The summed E-state index contributed by atoms with van der Waals surface area (Å²) < 4.78 is 0. The van der Waals surface area contributed by atoms with Gasteiger partial charge in [-0.1, -0.05) is 37.3 Å². The predicted molar refractivity (Wildman–Crippen MR) is 68.0 cm³/mol. The van der Waals surface area contributed by atoms with Crippen molar-refractivity contribution < 1.29 is 4.79 Å². The summed E-state index contributed by atoms with van der Waals surface area (Å²) in [5.74, 6) is 2.01. The molecule has 1 amide bonds. The van der Waals surface area contributed by atoms with Gasteiger partial charge in [-0.05, 0) is 36.7 Å². The third kappa shape index (κ3) is 1.99. The molecule has 0 heterocycles. The summed E-state index contributed by atoms with van der Waals surface area (Å²) in [6.07, 6.45) is 14.5. The number of carbonyl (C=O) groups excluding carboxylic acids is 1. The first-order chi connectivity index (χ1) is 8.25. The normalized spacial score (nSPS) is 33.6. The molecule has 3 rings (SSSR count). The highest BCUT2D eigenvalue weighted by Gasteiger charge is 2.45. The summed E-state index contributed by atoms with van der Waals surface area (Å²) in [7, 11) is 0. The van der Waals surface area contributed by atoms with Crippen LogP contribution >= 0.6 is 0 Å². The molecule has 3 atom stereocenters. The van der Waals surface area contributed by atoms with E-state index in [0.29, 0.717) is 17.8 Å². The van der Waals surface area contributed by atoms with Crippen LogP contribution in [0, 0.1) is 17.8 Å². The molecule has 0 aromatic rings. The number of nitrogens with one attached hydrogen (secondary N) is 1. The Morgan fingerprint density at radius 1 is 1.29 bits per heavy atom. The Kier molecular flexibility index (Phi) is 2.50. The van der Waals surface area contributed by atoms with Gasteiger partial charge in [0.25, 0.3) is 5.91 Å². The summed E-state index contributed by atoms with van der Waals surface area (Å²) in [5.41, 5.74) is 1.75. The highest BCUT2D eigenvalue weighted by molar-refractivity contribution is 5.97. The molecule has 0 aromatic carbocycles. The van der Waals surface area contributed by atoms with Crippen molar-refractivity contribution in [3.63, 3.8) is 0 Å². The van der Waals surface area contributed by atoms with Crippen LogP contribution in [0.4, 0.5) is 0 Å². The van der Waals surface area contributed by atoms with Crippen molar-refractivity contribution in [1.82, 2.24) is 5.32 Å². The molecule has 17 heavy (non-hydrogen) atoms. The van der Waals surface area contributed by atoms with Gasteiger partial charge < -0.3 is 5.32 Å². The fourth-order valence-corrected chi connectivity index (χ4v) is 2.63. The fourth-order valence-electron chi connectivity index (χ4n) is 2.63. The van der Waals surface area contributed by atoms with Gasteiger partial charge in [-0.3, -0.25) is 4.79 Å². The molecule has 1 N–H and O–H groups in total. The van der Waals surface area contributed by atoms with Crippen molar-refractivity contribution in [3.8, 4) is 0 Å². The molecular weight excluding hydrogens is 210 g/mol. The zero-order valence-electron chi connectivity index (χ0n) is 10.0. The minimum absolute atomic E-state index is 0.0246. The van der Waals surface area contributed by atoms with Crippen molar-refractivity contribution in [1.29, 1.82) is 0 Å². The van der Waals surface area contributed by atoms with Crippen LogP contribution in [0.15, 0.2) is 47.7 Å². The van der Waals surface area contributed by atoms with Gasteiger partial charge in [-0.15, -0.1) is 0 Å². The standard InChI is InChI=1S/C15H17NO/c1-10-13-8-7-11(9-14(10)13)15(17)16-12-5-3-2-4-6-12/h3,5-10,13-14H,2,4H2,1H3,(H,16,17). The molecule has 0 radical (unpaired) electrons. The summed E-state index contributed by atoms with van der Waals surface area (Å²) >= 11 is 0. The zero-order chi connectivity index (χ0) is 11.8. The van der Waals surface area contributed by atoms with Crippen LogP contribution in [0.5, 0.6) is 0 Å². The molecular formula is C15H17NO. The maximum atomic E-state index is 12.0. The average Bonchev–Trinajstić information content (AvgIpc) is 3.01. The summed E-state index contributed by atoms with van der Waals surface area (Å²) in [6.45, 7) is 2.24. The van der Waals surface area contributed by atoms with Crippen molar-refractivity contribution in [2.75, 3.05) is 0 Å². The second kappa shape index (κ2) is 4.02. The number of hydrogen-bond acceptors (Lipinski definition) is 1. The fraction of sp³-hybridized carbons (Fsp3) is 0.400. The van der Waals surface area contributed by atoms with E-state index < -0.39 is 0 Å². The Hall–Kier alpha value is -1.57. The molecule has 2 nitrogen and oxygen atoms in total. The molecule has 2 heteroatoms. The third-order valence-corrected chi connectivity index (χ3v) is 3.90. The highest BCUT2D eigenvalue weighted by Crippen LogP contribution is 2.50. The average molecular weight is 227 g/mol. The first kappa shape index (κ1) is 10.6. The zero-order valence-corrected chi connectivity index (χ0v) is 10.0. The van der Waals surface area contributed by atoms with E-state index >= 15 is 0 Å². The monoisotopic (exact) mass is 227 g/mol. The van der Waals surface area contributed by atoms with E-state index in [1.54, 1.807) is 0 Å². The minimum Gasteiger partial charge on any atom is -0.322 e. The molecule has 3 unspecified atom stereocenters. The molecule has 0 aliphatic heterocycles. The van der Waals surface area contributed by atoms with Gasteiger partial charge in [0.05, 0.1) is 0 Å². The van der Waals surface area contributed by atoms with Crippen LogP contribution in [-0.4, -0.2) is 5.91 Å². The van der Waals surface area contributed by atoms with Gasteiger partial charge in [0, 0.05) is 11.3 Å². The van der Waals surface area contributed by atoms with Crippen molar-refractivity contribution in [3.05, 3.63) is 47.7 Å². The lowest BCUT2D eigenvalue weighted by Gasteiger charge is -2.10. The van der Waals surface area contributed by atoms with Gasteiger partial charge >= 0.3 is 0 Å². The van der Waals surface area contributed by atoms with Gasteiger partial charge in [-0.2, -0.15) is 0 Å². The topological polar surface area (TPSA) is 29.1 Å². The van der Waals surface area contributed by atoms with Gasteiger partial charge in [0.2, 0.25) is 0 Å². The Bertz CT molecular complexity index is 467. The molecule has 0 bridgehead atoms. The molecule has 3 aliphatic rings. The number of allylic oxidation sites excluding steroid dienone is 5. The maximum Gasteiger partial charge on any atom is 0.255 e. The van der Waals surface area contributed by atoms with Crippen molar-refractivity contribution in [2.24, 2.45) is 17.8 Å². The SMILES string of the molecule is CC1C2C=CC(C(=O)NC3=CCCC=C3)=CC12. The number of rotatable bonds is 2. The van der Waals surface area contributed by atoms with Gasteiger partial charge in [0.15, 0.2) is 0 Å². The Morgan fingerprint density at radius 3 is 2.88 bits per heavy atom. The first-order valence-corrected chi connectivity index (χ1v) is 6.34. The molecule has 1 fully saturated rings. The second-order valence-electron chi connectivity index (χ2n) is 5.09. The highest BCUT2D eigenvalue weighted by atomic mass is 16.1. The van der Waals surface area contributed by atoms with Crippen molar-refractivity contribution >= 4 is 5.91 Å². The van der Waals surface area contributed by atoms with E-state index in [2.05, 4.69) is 36.5 Å². The summed E-state index contributed by atoms with van der Waals surface area (Å²) in [5, 5.41) is 2.96. The van der Waals surface area contributed by atoms with Crippen LogP contribution in [0.2, 0.25) is 0 Å². The van der Waals surface area contributed by atoms with E-state index in [0.717, 1.165) is 24.1 Å². The lowest BCUT2D eigenvalue weighted by atomic mass is 10.1. The van der Waals surface area contributed by atoms with Crippen molar-refractivity contribution in [2.45, 2.75) is 19.8 Å². The van der Waals surface area contributed by atoms with Crippen LogP contribution < -0.4 is 5.32 Å². The van der Waals surface area contributed by atoms with Gasteiger partial charge in [0.1, 0.15) is 0 Å². The number of carbonyl (C=O) groups is 1. The van der Waals surface area contributed by atoms with Crippen LogP contribution in [-0.2, 0) is 4.79 Å². The van der Waals surface area contributed by atoms with E-state index in [4.69, 9.17) is 0 Å². The summed E-state index contributed by atoms with van der Waals surface area (Å²) in [6, 6.07) is 0. The smallest absolute Gasteiger partial charge is 0.255 e. The lowest BCUT2D eigenvalue weighted by Crippen LogP contribution is -2.24. The Balaban J connectivity index is 1.67. The molecule has 0 saturated heterocycles. The molecule has 0 spiro atoms. The van der Waals surface area contributed by atoms with E-state index in [9.17, 15) is 4.79 Å². The molecule has 88 valence electrons. The number of amides is 1. The van der Waals surface area contributed by atoms with Crippen LogP contribution in [0.25, 0.3) is 0 Å². The molecule has 1 saturated carbocycles. The van der Waals surface area contributed by atoms with Crippen LogP contribution in [0.3, 0.4) is 0 Å². The molecule has 3 aliphatic carbocycles. The number of fused-ring (bicyclic) bond motifs is 1. The van der Waals surface area contributed by atoms with Gasteiger partial charge in [-0.25, -0.2) is 0 Å². The largest absolute Gasteiger partial charge is 0.322 e. The van der Waals surface area contributed by atoms with Crippen LogP contribution in [0.1, 0.15) is 19.8 Å². The van der Waals surface area contributed by atoms with E-state index in [1.807, 2.05) is 12.2 Å². The Labute approximate surface area is 102 Å². The summed E-state index contributed by atoms with van der Waals surface area (Å²) in [4.78, 5) is 12.0. The quantitative estimate of drug-likeness (QED) is 0.772. The maximum absolute atomic E-state index is 12.0.